The van der Waals surface area contributed by atoms with E-state index in [9.17, 15) is 18.0 Å². The average molecular weight is 346 g/mol. The van der Waals surface area contributed by atoms with Crippen molar-refractivity contribution in [2.75, 3.05) is 11.9 Å². The zero-order chi connectivity index (χ0) is 17.9. The number of carbonyl (C=O) groups is 1. The minimum Gasteiger partial charge on any atom is -0.482 e. The Hall–Kier alpha value is -3.09. The van der Waals surface area contributed by atoms with E-state index in [1.165, 1.54) is 24.4 Å². The van der Waals surface area contributed by atoms with Gasteiger partial charge in [0, 0.05) is 11.6 Å². The number of rotatable bonds is 4. The molecule has 0 aliphatic carbocycles. The summed E-state index contributed by atoms with van der Waals surface area (Å²) in [7, 11) is 0. The van der Waals surface area contributed by atoms with E-state index in [2.05, 4.69) is 10.3 Å². The third kappa shape index (κ3) is 4.06. The lowest BCUT2D eigenvalue weighted by atomic mass is 10.1. The summed E-state index contributed by atoms with van der Waals surface area (Å²) in [5.74, 6) is -0.506. The maximum Gasteiger partial charge on any atom is 0.422 e. The highest BCUT2D eigenvalue weighted by molar-refractivity contribution is 6.12. The van der Waals surface area contributed by atoms with Crippen LogP contribution in [-0.2, 0) is 0 Å². The van der Waals surface area contributed by atoms with Gasteiger partial charge in [0.25, 0.3) is 5.91 Å². The van der Waals surface area contributed by atoms with E-state index in [-0.39, 0.29) is 11.4 Å². The number of nitrogens with one attached hydrogen (secondary N) is 1. The van der Waals surface area contributed by atoms with E-state index in [1.54, 1.807) is 36.4 Å². The van der Waals surface area contributed by atoms with Crippen LogP contribution in [-0.4, -0.2) is 23.7 Å². The molecular weight excluding hydrogens is 333 g/mol. The van der Waals surface area contributed by atoms with Crippen molar-refractivity contribution in [3.63, 3.8) is 0 Å². The third-order valence-corrected chi connectivity index (χ3v) is 3.42. The van der Waals surface area contributed by atoms with Crippen LogP contribution in [0.5, 0.6) is 5.75 Å². The Kier molecular flexibility index (Phi) is 4.56. The first kappa shape index (κ1) is 16.8. The fraction of sp³-hybridized carbons (Fsp3) is 0.111. The molecule has 0 fully saturated rings. The maximum absolute atomic E-state index is 12.6. The number of carbonyl (C=O) groups excluding carboxylic acids is 1. The summed E-state index contributed by atoms with van der Waals surface area (Å²) in [6, 6.07) is 14.6. The van der Waals surface area contributed by atoms with Gasteiger partial charge in [0.2, 0.25) is 0 Å². The summed E-state index contributed by atoms with van der Waals surface area (Å²) in [4.78, 5) is 16.7. The van der Waals surface area contributed by atoms with Gasteiger partial charge in [-0.3, -0.25) is 9.78 Å². The molecule has 0 saturated heterocycles. The van der Waals surface area contributed by atoms with Crippen LogP contribution in [0, 0.1) is 0 Å². The summed E-state index contributed by atoms with van der Waals surface area (Å²) in [5, 5.41) is 3.25. The number of aromatic nitrogens is 1. The van der Waals surface area contributed by atoms with Gasteiger partial charge in [-0.1, -0.05) is 30.3 Å². The zero-order valence-electron chi connectivity index (χ0n) is 12.9. The number of hydrogen-bond acceptors (Lipinski definition) is 3. The van der Waals surface area contributed by atoms with Crippen molar-refractivity contribution >= 4 is 22.5 Å². The summed E-state index contributed by atoms with van der Waals surface area (Å²) in [5.41, 5.74) is 1.19. The Morgan fingerprint density at radius 3 is 2.56 bits per heavy atom. The zero-order valence-corrected chi connectivity index (χ0v) is 12.9. The van der Waals surface area contributed by atoms with Crippen LogP contribution in [0.25, 0.3) is 10.9 Å². The van der Waals surface area contributed by atoms with Crippen molar-refractivity contribution in [2.45, 2.75) is 6.18 Å². The molecular formula is C18H13F3N2O2. The molecule has 0 aliphatic rings. The van der Waals surface area contributed by atoms with E-state index in [1.807, 2.05) is 0 Å². The largest absolute Gasteiger partial charge is 0.482 e. The first-order valence-electron chi connectivity index (χ1n) is 7.38. The molecule has 0 bridgehead atoms. The van der Waals surface area contributed by atoms with Crippen molar-refractivity contribution in [3.05, 3.63) is 66.4 Å². The monoisotopic (exact) mass is 346 g/mol. The molecule has 1 aromatic heterocycles. The molecule has 0 aliphatic heterocycles. The van der Waals surface area contributed by atoms with Gasteiger partial charge >= 0.3 is 6.18 Å². The van der Waals surface area contributed by atoms with Crippen molar-refractivity contribution in [1.29, 1.82) is 0 Å². The van der Waals surface area contributed by atoms with Crippen LogP contribution in [0.4, 0.5) is 18.9 Å². The molecule has 2 aromatic carbocycles. The van der Waals surface area contributed by atoms with Crippen molar-refractivity contribution < 1.29 is 22.7 Å². The Morgan fingerprint density at radius 1 is 1.04 bits per heavy atom. The van der Waals surface area contributed by atoms with Gasteiger partial charge in [-0.2, -0.15) is 13.2 Å². The van der Waals surface area contributed by atoms with Crippen LogP contribution < -0.4 is 10.1 Å². The number of para-hydroxylation sites is 3. The standard InChI is InChI=1S/C18H13F3N2O2/c19-18(20,21)11-25-16-8-4-3-7-15(16)23-17(24)13-9-10-22-14-6-2-1-5-12(13)14/h1-10H,11H2,(H,23,24). The van der Waals surface area contributed by atoms with E-state index >= 15 is 0 Å². The summed E-state index contributed by atoms with van der Waals surface area (Å²) < 4.78 is 41.8. The molecule has 0 radical (unpaired) electrons. The first-order chi connectivity index (χ1) is 11.9. The summed E-state index contributed by atoms with van der Waals surface area (Å²) in [6.07, 6.45) is -2.96. The molecule has 0 unspecified atom stereocenters. The van der Waals surface area contributed by atoms with Crippen molar-refractivity contribution in [1.82, 2.24) is 4.98 Å². The second kappa shape index (κ2) is 6.80. The average Bonchev–Trinajstić information content (AvgIpc) is 2.59. The Morgan fingerprint density at radius 2 is 1.76 bits per heavy atom. The summed E-state index contributed by atoms with van der Waals surface area (Å²) >= 11 is 0. The molecule has 25 heavy (non-hydrogen) atoms. The summed E-state index contributed by atoms with van der Waals surface area (Å²) in [6.45, 7) is -1.43. The molecule has 0 spiro atoms. The molecule has 1 amide bonds. The first-order valence-corrected chi connectivity index (χ1v) is 7.38. The van der Waals surface area contributed by atoms with Gasteiger partial charge in [-0.15, -0.1) is 0 Å². The quantitative estimate of drug-likeness (QED) is 0.760. The van der Waals surface area contributed by atoms with Crippen LogP contribution in [0.15, 0.2) is 60.8 Å². The minimum absolute atomic E-state index is 0.0495. The Balaban J connectivity index is 1.86. The molecule has 3 aromatic rings. The topological polar surface area (TPSA) is 51.2 Å². The van der Waals surface area contributed by atoms with Gasteiger partial charge in [-0.05, 0) is 24.3 Å². The number of benzene rings is 2. The third-order valence-electron chi connectivity index (χ3n) is 3.42. The number of alkyl halides is 3. The van der Waals surface area contributed by atoms with E-state index in [0.29, 0.717) is 16.5 Å². The van der Waals surface area contributed by atoms with Gasteiger partial charge in [0.15, 0.2) is 6.61 Å². The van der Waals surface area contributed by atoms with E-state index in [0.717, 1.165) is 0 Å². The number of halogens is 3. The number of amides is 1. The predicted octanol–water partition coefficient (Wildman–Crippen LogP) is 4.43. The number of anilines is 1. The van der Waals surface area contributed by atoms with Crippen LogP contribution >= 0.6 is 0 Å². The number of hydrogen-bond donors (Lipinski definition) is 1. The molecule has 0 atom stereocenters. The molecule has 128 valence electrons. The predicted molar refractivity (Wildman–Crippen MR) is 87.7 cm³/mol. The lowest BCUT2D eigenvalue weighted by Crippen LogP contribution is -2.20. The van der Waals surface area contributed by atoms with Gasteiger partial charge in [0.1, 0.15) is 5.75 Å². The number of nitrogens with zero attached hydrogens (tertiary/aromatic N) is 1. The van der Waals surface area contributed by atoms with E-state index in [4.69, 9.17) is 4.74 Å². The minimum atomic E-state index is -4.46. The van der Waals surface area contributed by atoms with Gasteiger partial charge in [0.05, 0.1) is 16.8 Å². The van der Waals surface area contributed by atoms with Crippen molar-refractivity contribution in [2.24, 2.45) is 0 Å². The highest BCUT2D eigenvalue weighted by Crippen LogP contribution is 2.27. The van der Waals surface area contributed by atoms with Gasteiger partial charge < -0.3 is 10.1 Å². The van der Waals surface area contributed by atoms with Crippen LogP contribution in [0.3, 0.4) is 0 Å². The van der Waals surface area contributed by atoms with Crippen LogP contribution in [0.2, 0.25) is 0 Å². The lowest BCUT2D eigenvalue weighted by Gasteiger charge is -2.14. The Bertz CT molecular complexity index is 905. The fourth-order valence-corrected chi connectivity index (χ4v) is 2.34. The molecule has 0 saturated carbocycles. The second-order valence-electron chi connectivity index (χ2n) is 5.23. The fourth-order valence-electron chi connectivity index (χ4n) is 2.34. The van der Waals surface area contributed by atoms with Crippen LogP contribution in [0.1, 0.15) is 10.4 Å². The molecule has 4 nitrogen and oxygen atoms in total. The maximum atomic E-state index is 12.6. The normalized spacial score (nSPS) is 11.3. The molecule has 1 heterocycles. The SMILES string of the molecule is O=C(Nc1ccccc1OCC(F)(F)F)c1ccnc2ccccc12. The highest BCUT2D eigenvalue weighted by atomic mass is 19.4. The van der Waals surface area contributed by atoms with E-state index < -0.39 is 18.7 Å². The van der Waals surface area contributed by atoms with Crippen molar-refractivity contribution in [3.8, 4) is 5.75 Å². The number of fused-ring (bicyclic) bond motifs is 1. The molecule has 1 N–H and O–H groups in total. The molecule has 7 heteroatoms. The number of ether oxygens (including phenoxy) is 1. The lowest BCUT2D eigenvalue weighted by molar-refractivity contribution is -0.153. The second-order valence-corrected chi connectivity index (χ2v) is 5.23. The Labute approximate surface area is 141 Å². The number of pyridine rings is 1. The molecule has 3 rings (SSSR count). The smallest absolute Gasteiger partial charge is 0.422 e. The highest BCUT2D eigenvalue weighted by Gasteiger charge is 2.29. The van der Waals surface area contributed by atoms with Gasteiger partial charge in [-0.25, -0.2) is 0 Å².